The SMILES string of the molecule is Cc1ccc2ccccc2c1C(=C1OC(=O)c2ccccc21)[N+](=O)[O-]. The largest absolute Gasteiger partial charge is 0.415 e. The molecule has 0 N–H and O–H groups in total. The van der Waals surface area contributed by atoms with Gasteiger partial charge in [-0.25, -0.2) is 4.79 Å². The van der Waals surface area contributed by atoms with Gasteiger partial charge in [-0.3, -0.25) is 10.1 Å². The second-order valence-corrected chi connectivity index (χ2v) is 5.85. The molecular formula is C20H13NO4. The van der Waals surface area contributed by atoms with Gasteiger partial charge in [0, 0.05) is 5.56 Å². The van der Waals surface area contributed by atoms with E-state index in [2.05, 4.69) is 0 Å². The number of rotatable bonds is 2. The Labute approximate surface area is 143 Å². The molecule has 3 aromatic carbocycles. The highest BCUT2D eigenvalue weighted by Gasteiger charge is 2.36. The van der Waals surface area contributed by atoms with Gasteiger partial charge in [0.25, 0.3) is 0 Å². The molecule has 0 bridgehead atoms. The minimum Gasteiger partial charge on any atom is -0.415 e. The molecule has 0 spiro atoms. The number of cyclic esters (lactones) is 1. The topological polar surface area (TPSA) is 69.4 Å². The van der Waals surface area contributed by atoms with Gasteiger partial charge in [0.15, 0.2) is 0 Å². The molecule has 0 aromatic heterocycles. The van der Waals surface area contributed by atoms with Crippen molar-refractivity contribution >= 4 is 28.2 Å². The fourth-order valence-electron chi connectivity index (χ4n) is 3.22. The summed E-state index contributed by atoms with van der Waals surface area (Å²) in [7, 11) is 0. The summed E-state index contributed by atoms with van der Waals surface area (Å²) in [6, 6.07) is 17.9. The molecule has 1 aliphatic heterocycles. The van der Waals surface area contributed by atoms with Gasteiger partial charge in [-0.15, -0.1) is 0 Å². The number of carbonyl (C=O) groups excluding carboxylic acids is 1. The Morgan fingerprint density at radius 1 is 0.960 bits per heavy atom. The van der Waals surface area contributed by atoms with E-state index in [9.17, 15) is 14.9 Å². The van der Waals surface area contributed by atoms with Gasteiger partial charge in [-0.05, 0) is 29.3 Å². The zero-order chi connectivity index (χ0) is 17.6. The smallest absolute Gasteiger partial charge is 0.344 e. The third-order valence-corrected chi connectivity index (χ3v) is 4.36. The van der Waals surface area contributed by atoms with E-state index >= 15 is 0 Å². The summed E-state index contributed by atoms with van der Waals surface area (Å²) in [5.41, 5.74) is 1.83. The number of ether oxygens (including phenoxy) is 1. The molecule has 1 aliphatic rings. The number of hydrogen-bond donors (Lipinski definition) is 0. The van der Waals surface area contributed by atoms with E-state index in [1.165, 1.54) is 0 Å². The third kappa shape index (κ3) is 2.29. The van der Waals surface area contributed by atoms with Crippen molar-refractivity contribution in [2.75, 3.05) is 0 Å². The Balaban J connectivity index is 2.11. The summed E-state index contributed by atoms with van der Waals surface area (Å²) in [5.74, 6) is -0.562. The van der Waals surface area contributed by atoms with E-state index in [4.69, 9.17) is 4.74 Å². The number of esters is 1. The van der Waals surface area contributed by atoms with Crippen molar-refractivity contribution in [1.29, 1.82) is 0 Å². The van der Waals surface area contributed by atoms with Gasteiger partial charge < -0.3 is 4.74 Å². The normalized spacial score (nSPS) is 15.0. The van der Waals surface area contributed by atoms with Crippen LogP contribution in [0.25, 0.3) is 22.2 Å². The highest BCUT2D eigenvalue weighted by molar-refractivity contribution is 6.09. The zero-order valence-electron chi connectivity index (χ0n) is 13.4. The van der Waals surface area contributed by atoms with Crippen LogP contribution in [-0.2, 0) is 4.74 Å². The van der Waals surface area contributed by atoms with E-state index in [1.807, 2.05) is 43.3 Å². The number of aryl methyl sites for hydroxylation is 1. The minimum atomic E-state index is -0.567. The first-order chi connectivity index (χ1) is 12.1. The van der Waals surface area contributed by atoms with Crippen LogP contribution in [0, 0.1) is 17.0 Å². The number of nitro groups is 1. The van der Waals surface area contributed by atoms with E-state index in [0.717, 1.165) is 16.3 Å². The summed E-state index contributed by atoms with van der Waals surface area (Å²) >= 11 is 0. The number of hydrogen-bond acceptors (Lipinski definition) is 4. The third-order valence-electron chi connectivity index (χ3n) is 4.36. The molecular weight excluding hydrogens is 318 g/mol. The van der Waals surface area contributed by atoms with Crippen LogP contribution < -0.4 is 0 Å². The Morgan fingerprint density at radius 3 is 2.40 bits per heavy atom. The van der Waals surface area contributed by atoms with Crippen molar-refractivity contribution in [3.05, 3.63) is 93.0 Å². The van der Waals surface area contributed by atoms with E-state index < -0.39 is 10.9 Å². The second kappa shape index (κ2) is 5.56. The van der Waals surface area contributed by atoms with Crippen LogP contribution in [-0.4, -0.2) is 10.9 Å². The quantitative estimate of drug-likeness (QED) is 0.396. The maximum absolute atomic E-state index is 12.1. The van der Waals surface area contributed by atoms with Gasteiger partial charge >= 0.3 is 11.7 Å². The standard InChI is InChI=1S/C20H13NO4/c1-12-10-11-13-6-2-3-7-14(13)17(12)18(21(23)24)19-15-8-4-5-9-16(15)20(22)25-19/h2-11H,1H3. The molecule has 5 heteroatoms. The van der Waals surface area contributed by atoms with Gasteiger partial charge in [0.05, 0.1) is 16.1 Å². The van der Waals surface area contributed by atoms with Gasteiger partial charge in [0.1, 0.15) is 0 Å². The minimum absolute atomic E-state index is 0.00468. The predicted molar refractivity (Wildman–Crippen MR) is 94.4 cm³/mol. The maximum atomic E-state index is 12.1. The molecule has 0 radical (unpaired) electrons. The molecule has 0 amide bonds. The number of nitrogens with zero attached hydrogens (tertiary/aromatic N) is 1. The van der Waals surface area contributed by atoms with Crippen LogP contribution in [0.4, 0.5) is 0 Å². The fraction of sp³-hybridized carbons (Fsp3) is 0.0500. The van der Waals surface area contributed by atoms with Crippen molar-refractivity contribution in [3.8, 4) is 0 Å². The van der Waals surface area contributed by atoms with Crippen molar-refractivity contribution in [2.24, 2.45) is 0 Å². The van der Waals surface area contributed by atoms with E-state index in [0.29, 0.717) is 16.7 Å². The summed E-state index contributed by atoms with van der Waals surface area (Å²) in [5, 5.41) is 13.6. The number of benzene rings is 3. The molecule has 3 aromatic rings. The Hall–Kier alpha value is -3.47. The first-order valence-electron chi connectivity index (χ1n) is 7.77. The molecule has 5 nitrogen and oxygen atoms in total. The monoisotopic (exact) mass is 331 g/mol. The van der Waals surface area contributed by atoms with Crippen molar-refractivity contribution in [1.82, 2.24) is 0 Å². The van der Waals surface area contributed by atoms with Crippen molar-refractivity contribution < 1.29 is 14.5 Å². The molecule has 122 valence electrons. The Morgan fingerprint density at radius 2 is 1.64 bits per heavy atom. The van der Waals surface area contributed by atoms with E-state index in [1.54, 1.807) is 24.3 Å². The summed E-state index contributed by atoms with van der Waals surface area (Å²) in [6.45, 7) is 1.81. The lowest BCUT2D eigenvalue weighted by Crippen LogP contribution is -2.05. The van der Waals surface area contributed by atoms with Crippen LogP contribution in [0.1, 0.15) is 27.0 Å². The van der Waals surface area contributed by atoms with E-state index in [-0.39, 0.29) is 11.5 Å². The summed E-state index contributed by atoms with van der Waals surface area (Å²) in [6.07, 6.45) is 0. The number of carbonyl (C=O) groups is 1. The second-order valence-electron chi connectivity index (χ2n) is 5.85. The highest BCUT2D eigenvalue weighted by Crippen LogP contribution is 2.39. The predicted octanol–water partition coefficient (Wildman–Crippen LogP) is 4.42. The highest BCUT2D eigenvalue weighted by atomic mass is 16.6. The zero-order valence-corrected chi connectivity index (χ0v) is 13.4. The molecule has 0 atom stereocenters. The Kier molecular flexibility index (Phi) is 3.35. The number of fused-ring (bicyclic) bond motifs is 2. The molecule has 0 unspecified atom stereocenters. The Bertz CT molecular complexity index is 1080. The average Bonchev–Trinajstić information content (AvgIpc) is 2.94. The lowest BCUT2D eigenvalue weighted by molar-refractivity contribution is -0.375. The molecule has 0 fully saturated rings. The van der Waals surface area contributed by atoms with Crippen LogP contribution in [0.2, 0.25) is 0 Å². The maximum Gasteiger partial charge on any atom is 0.344 e. The first-order valence-corrected chi connectivity index (χ1v) is 7.77. The van der Waals surface area contributed by atoms with Crippen LogP contribution >= 0.6 is 0 Å². The van der Waals surface area contributed by atoms with Gasteiger partial charge in [-0.2, -0.15) is 0 Å². The van der Waals surface area contributed by atoms with Gasteiger partial charge in [0.2, 0.25) is 5.76 Å². The molecule has 4 rings (SSSR count). The average molecular weight is 331 g/mol. The first kappa shape index (κ1) is 15.1. The summed E-state index contributed by atoms with van der Waals surface area (Å²) < 4.78 is 5.31. The van der Waals surface area contributed by atoms with Crippen LogP contribution in [0.3, 0.4) is 0 Å². The van der Waals surface area contributed by atoms with Crippen LogP contribution in [0.15, 0.2) is 60.7 Å². The van der Waals surface area contributed by atoms with Gasteiger partial charge in [-0.1, -0.05) is 54.6 Å². The molecule has 0 aliphatic carbocycles. The molecule has 0 saturated heterocycles. The molecule has 0 saturated carbocycles. The molecule has 1 heterocycles. The van der Waals surface area contributed by atoms with Crippen LogP contribution in [0.5, 0.6) is 0 Å². The van der Waals surface area contributed by atoms with Crippen molar-refractivity contribution in [3.63, 3.8) is 0 Å². The molecule has 25 heavy (non-hydrogen) atoms. The summed E-state index contributed by atoms with van der Waals surface area (Å²) in [4.78, 5) is 23.6. The lowest BCUT2D eigenvalue weighted by Gasteiger charge is -2.10. The van der Waals surface area contributed by atoms with Crippen molar-refractivity contribution in [2.45, 2.75) is 6.92 Å². The fourth-order valence-corrected chi connectivity index (χ4v) is 3.22. The lowest BCUT2D eigenvalue weighted by atomic mass is 9.95.